The highest BCUT2D eigenvalue weighted by atomic mass is 16.6. The lowest BCUT2D eigenvalue weighted by Crippen LogP contribution is -2.56. The van der Waals surface area contributed by atoms with Crippen molar-refractivity contribution in [3.05, 3.63) is 76.7 Å². The average Bonchev–Trinajstić information content (AvgIpc) is 3.60. The van der Waals surface area contributed by atoms with Gasteiger partial charge in [-0.3, -0.25) is 14.9 Å². The molecule has 1 amide bonds. The Hall–Kier alpha value is -4.18. The first kappa shape index (κ1) is 27.4. The van der Waals surface area contributed by atoms with Crippen LogP contribution in [0.25, 0.3) is 22.2 Å². The highest BCUT2D eigenvalue weighted by Crippen LogP contribution is 2.30. The Morgan fingerprint density at radius 2 is 1.95 bits per heavy atom. The summed E-state index contributed by atoms with van der Waals surface area (Å²) in [5, 5.41) is 18.6. The van der Waals surface area contributed by atoms with E-state index < -0.39 is 10.5 Å². The lowest BCUT2D eigenvalue weighted by Gasteiger charge is -2.35. The quantitative estimate of drug-likeness (QED) is 0.159. The van der Waals surface area contributed by atoms with Crippen LogP contribution in [0.5, 0.6) is 0 Å². The molecule has 4 aromatic rings. The van der Waals surface area contributed by atoms with Crippen molar-refractivity contribution in [2.75, 3.05) is 19.0 Å². The molecule has 210 valence electrons. The molecule has 0 aliphatic heterocycles. The van der Waals surface area contributed by atoms with Gasteiger partial charge in [0.15, 0.2) is 0 Å². The van der Waals surface area contributed by atoms with Crippen molar-refractivity contribution in [2.45, 2.75) is 57.0 Å². The Balaban J connectivity index is 1.42. The van der Waals surface area contributed by atoms with Crippen LogP contribution in [-0.2, 0) is 16.0 Å². The second-order valence-corrected chi connectivity index (χ2v) is 10.8. The molecule has 2 heterocycles. The molecule has 1 saturated carbocycles. The summed E-state index contributed by atoms with van der Waals surface area (Å²) in [5.74, 6) is 0.200. The number of nitrogens with one attached hydrogen (secondary N) is 3. The van der Waals surface area contributed by atoms with Gasteiger partial charge < -0.3 is 24.8 Å². The number of nitro benzene ring substituents is 1. The number of anilines is 1. The molecule has 40 heavy (non-hydrogen) atoms. The van der Waals surface area contributed by atoms with Gasteiger partial charge in [0.05, 0.1) is 17.6 Å². The van der Waals surface area contributed by atoms with E-state index in [9.17, 15) is 14.9 Å². The fraction of sp³-hybridized carbons (Fsp3) is 0.400. The molecule has 0 spiro atoms. The number of aromatic nitrogens is 2. The van der Waals surface area contributed by atoms with E-state index in [0.29, 0.717) is 30.2 Å². The third-order valence-corrected chi connectivity index (χ3v) is 7.86. The third kappa shape index (κ3) is 6.02. The number of aromatic amines is 1. The molecule has 0 saturated heterocycles. The summed E-state index contributed by atoms with van der Waals surface area (Å²) in [6.07, 6.45) is 9.47. The van der Waals surface area contributed by atoms with E-state index in [1.54, 1.807) is 19.2 Å². The number of carbonyl (C=O) groups is 1. The predicted octanol–water partition coefficient (Wildman–Crippen LogP) is 5.86. The highest BCUT2D eigenvalue weighted by Gasteiger charge is 2.38. The van der Waals surface area contributed by atoms with Gasteiger partial charge in [0, 0.05) is 48.3 Å². The maximum atomic E-state index is 14.1. The van der Waals surface area contributed by atoms with E-state index in [1.165, 1.54) is 24.8 Å². The third-order valence-electron chi connectivity index (χ3n) is 7.86. The van der Waals surface area contributed by atoms with E-state index in [2.05, 4.69) is 20.6 Å². The van der Waals surface area contributed by atoms with E-state index in [-0.39, 0.29) is 23.7 Å². The number of methoxy groups -OCH3 is 1. The van der Waals surface area contributed by atoms with Crippen LogP contribution in [0.1, 0.15) is 44.6 Å². The van der Waals surface area contributed by atoms with Crippen LogP contribution in [0, 0.1) is 16.0 Å². The van der Waals surface area contributed by atoms with E-state index >= 15 is 0 Å². The van der Waals surface area contributed by atoms with Gasteiger partial charge in [-0.15, -0.1) is 0 Å². The van der Waals surface area contributed by atoms with E-state index in [1.807, 2.05) is 37.4 Å². The van der Waals surface area contributed by atoms with Gasteiger partial charge in [-0.1, -0.05) is 37.5 Å². The Labute approximate surface area is 232 Å². The molecular formula is C30H35N5O5. The Kier molecular flexibility index (Phi) is 8.16. The van der Waals surface area contributed by atoms with Crippen molar-refractivity contribution in [1.29, 1.82) is 0 Å². The minimum atomic E-state index is -1.11. The van der Waals surface area contributed by atoms with Crippen LogP contribution in [-0.4, -0.2) is 46.1 Å². The number of hydrogen-bond acceptors (Lipinski definition) is 7. The zero-order valence-electron chi connectivity index (χ0n) is 22.8. The number of H-pyrrole nitrogens is 1. The molecule has 10 heteroatoms. The fourth-order valence-corrected chi connectivity index (χ4v) is 5.63. The minimum absolute atomic E-state index is 0.00264. The molecule has 1 fully saturated rings. The van der Waals surface area contributed by atoms with Crippen molar-refractivity contribution in [2.24, 2.45) is 5.92 Å². The van der Waals surface area contributed by atoms with Gasteiger partial charge >= 0.3 is 0 Å². The average molecular weight is 546 g/mol. The summed E-state index contributed by atoms with van der Waals surface area (Å²) in [6, 6.07) is 14.2. The zero-order chi connectivity index (χ0) is 28.1. The van der Waals surface area contributed by atoms with Gasteiger partial charge in [0.25, 0.3) is 11.7 Å². The zero-order valence-corrected chi connectivity index (χ0v) is 22.8. The maximum absolute atomic E-state index is 14.1. The number of ether oxygens (including phenoxy) is 1. The standard InChI is InChI=1S/C30H35N5O5/c1-30(16-22-17-31-25-11-7-6-10-24(22)25,28(36)32-26(18-39-2)20-8-4-3-5-9-20)34-29-33-27(19-40-29)21-12-14-23(15-13-21)35(37)38/h6-7,10-15,17,19-20,26,31H,3-5,8-9,16,18H2,1-2H3,(H,32,36)(H,33,34). The molecule has 2 atom stereocenters. The second kappa shape index (κ2) is 11.9. The molecule has 0 bridgehead atoms. The van der Waals surface area contributed by atoms with Gasteiger partial charge in [0.2, 0.25) is 5.91 Å². The smallest absolute Gasteiger partial charge is 0.295 e. The number of oxazole rings is 1. The molecule has 2 aromatic heterocycles. The van der Waals surface area contributed by atoms with Crippen LogP contribution in [0.3, 0.4) is 0 Å². The number of non-ortho nitro benzene ring substituents is 1. The van der Waals surface area contributed by atoms with Crippen LogP contribution in [0.15, 0.2) is 65.4 Å². The van der Waals surface area contributed by atoms with Crippen LogP contribution in [0.2, 0.25) is 0 Å². The van der Waals surface area contributed by atoms with Gasteiger partial charge in [-0.05, 0) is 49.4 Å². The molecule has 0 radical (unpaired) electrons. The first-order valence-corrected chi connectivity index (χ1v) is 13.7. The van der Waals surface area contributed by atoms with Gasteiger partial charge in [0.1, 0.15) is 17.5 Å². The molecule has 10 nitrogen and oxygen atoms in total. The number of hydrogen-bond donors (Lipinski definition) is 3. The van der Waals surface area contributed by atoms with Crippen LogP contribution in [0.4, 0.5) is 11.7 Å². The molecule has 1 aliphatic rings. The number of para-hydroxylation sites is 1. The molecule has 5 rings (SSSR count). The summed E-state index contributed by atoms with van der Waals surface area (Å²) in [4.78, 5) is 32.5. The number of nitro groups is 1. The van der Waals surface area contributed by atoms with Crippen molar-refractivity contribution >= 4 is 28.5 Å². The van der Waals surface area contributed by atoms with Crippen molar-refractivity contribution in [3.63, 3.8) is 0 Å². The van der Waals surface area contributed by atoms with Crippen molar-refractivity contribution in [3.8, 4) is 11.3 Å². The summed E-state index contributed by atoms with van der Waals surface area (Å²) in [6.45, 7) is 2.30. The molecule has 1 aliphatic carbocycles. The van der Waals surface area contributed by atoms with Gasteiger partial charge in [-0.2, -0.15) is 4.98 Å². The van der Waals surface area contributed by atoms with E-state index in [4.69, 9.17) is 9.15 Å². The van der Waals surface area contributed by atoms with Crippen molar-refractivity contribution in [1.82, 2.24) is 15.3 Å². The second-order valence-electron chi connectivity index (χ2n) is 10.8. The molecule has 2 aromatic carbocycles. The van der Waals surface area contributed by atoms with E-state index in [0.717, 1.165) is 42.1 Å². The summed E-state index contributed by atoms with van der Waals surface area (Å²) in [5.41, 5.74) is 2.05. The molecule has 2 unspecified atom stereocenters. The maximum Gasteiger partial charge on any atom is 0.295 e. The Morgan fingerprint density at radius 1 is 1.20 bits per heavy atom. The number of amides is 1. The number of nitrogens with zero attached hydrogens (tertiary/aromatic N) is 2. The SMILES string of the molecule is COCC(NC(=O)C(C)(Cc1c[nH]c2ccccc12)Nc1nc(-c2ccc([N+](=O)[O-])cc2)co1)C1CCCCC1. The largest absolute Gasteiger partial charge is 0.431 e. The summed E-state index contributed by atoms with van der Waals surface area (Å²) >= 11 is 0. The number of rotatable bonds is 11. The number of benzene rings is 2. The molecule has 3 N–H and O–H groups in total. The number of carbonyl (C=O) groups excluding carboxylic acids is 1. The minimum Gasteiger partial charge on any atom is -0.431 e. The summed E-state index contributed by atoms with van der Waals surface area (Å²) < 4.78 is 11.3. The lowest BCUT2D eigenvalue weighted by molar-refractivity contribution is -0.384. The Morgan fingerprint density at radius 3 is 2.67 bits per heavy atom. The normalized spacial score (nSPS) is 16.4. The fourth-order valence-electron chi connectivity index (χ4n) is 5.63. The Bertz CT molecular complexity index is 1460. The highest BCUT2D eigenvalue weighted by molar-refractivity contribution is 5.91. The van der Waals surface area contributed by atoms with Gasteiger partial charge in [-0.25, -0.2) is 0 Å². The predicted molar refractivity (Wildman–Crippen MR) is 153 cm³/mol. The summed E-state index contributed by atoms with van der Waals surface area (Å²) in [7, 11) is 1.66. The first-order valence-electron chi connectivity index (χ1n) is 13.7. The van der Waals surface area contributed by atoms with Crippen LogP contribution < -0.4 is 10.6 Å². The lowest BCUT2D eigenvalue weighted by atomic mass is 9.83. The number of fused-ring (bicyclic) bond motifs is 1. The van der Waals surface area contributed by atoms with Crippen LogP contribution >= 0.6 is 0 Å². The first-order chi connectivity index (χ1) is 19.4. The topological polar surface area (TPSA) is 135 Å². The monoisotopic (exact) mass is 545 g/mol. The van der Waals surface area contributed by atoms with Crippen molar-refractivity contribution < 1.29 is 18.9 Å². The molecular weight excluding hydrogens is 510 g/mol.